The highest BCUT2D eigenvalue weighted by atomic mass is 35.5. The van der Waals surface area contributed by atoms with Crippen LogP contribution >= 0.6 is 11.6 Å². The predicted molar refractivity (Wildman–Crippen MR) is 103 cm³/mol. The molecule has 29 heavy (non-hydrogen) atoms. The molecule has 1 aromatic rings. The summed E-state index contributed by atoms with van der Waals surface area (Å²) in [6, 6.07) is -0.294. The molecule has 3 rings (SSSR count). The quantitative estimate of drug-likeness (QED) is 0.740. The molecule has 2 heterocycles. The Bertz CT molecular complexity index is 782. The first-order chi connectivity index (χ1) is 13.8. The third-order valence-electron chi connectivity index (χ3n) is 5.27. The van der Waals surface area contributed by atoms with Crippen LogP contribution in [0.2, 0.25) is 5.02 Å². The minimum absolute atomic E-state index is 0.0596. The minimum atomic E-state index is -2.64. The van der Waals surface area contributed by atoms with Gasteiger partial charge < -0.3 is 19.7 Å². The number of ether oxygens (including phenoxy) is 2. The summed E-state index contributed by atoms with van der Waals surface area (Å²) in [6.07, 6.45) is 1.12. The summed E-state index contributed by atoms with van der Waals surface area (Å²) in [5.41, 5.74) is 0.0868. The first kappa shape index (κ1) is 21.8. The highest BCUT2D eigenvalue weighted by Gasteiger charge is 2.36. The zero-order chi connectivity index (χ0) is 21.0. The van der Waals surface area contributed by atoms with Crippen molar-refractivity contribution in [2.24, 2.45) is 0 Å². The van der Waals surface area contributed by atoms with Crippen LogP contribution in [-0.2, 0) is 16.0 Å². The van der Waals surface area contributed by atoms with E-state index < -0.39 is 17.6 Å². The molecular weight excluding hydrogens is 410 g/mol. The molecule has 0 spiro atoms. The molecule has 0 bridgehead atoms. The maximum absolute atomic E-state index is 13.2. The van der Waals surface area contributed by atoms with E-state index in [0.717, 1.165) is 0 Å². The molecule has 1 amide bonds. The SMILES string of the molecule is COCCn1ncc(N2CC[C@@H](OC(=O)NC3CCC(F)(F)CC3)C2)c(Cl)c1=O. The molecule has 11 heteroatoms. The summed E-state index contributed by atoms with van der Waals surface area (Å²) in [6.45, 7) is 1.57. The van der Waals surface area contributed by atoms with Gasteiger partial charge in [0, 0.05) is 39.0 Å². The van der Waals surface area contributed by atoms with Gasteiger partial charge in [0.05, 0.1) is 31.6 Å². The molecule has 2 aliphatic rings. The normalized spacial score (nSPS) is 21.9. The number of carbonyl (C=O) groups excluding carboxylic acids is 1. The molecule has 1 atom stereocenters. The first-order valence-corrected chi connectivity index (χ1v) is 10.0. The Morgan fingerprint density at radius 1 is 1.38 bits per heavy atom. The number of hydrogen-bond donors (Lipinski definition) is 1. The number of methoxy groups -OCH3 is 1. The van der Waals surface area contributed by atoms with Gasteiger partial charge in [-0.1, -0.05) is 11.6 Å². The van der Waals surface area contributed by atoms with Crippen molar-refractivity contribution in [2.45, 2.75) is 56.7 Å². The van der Waals surface area contributed by atoms with Crippen molar-refractivity contribution in [3.63, 3.8) is 0 Å². The molecule has 1 saturated carbocycles. The maximum Gasteiger partial charge on any atom is 0.407 e. The Morgan fingerprint density at radius 3 is 2.79 bits per heavy atom. The number of anilines is 1. The third kappa shape index (κ3) is 5.57. The van der Waals surface area contributed by atoms with Gasteiger partial charge in [-0.25, -0.2) is 18.3 Å². The van der Waals surface area contributed by atoms with E-state index in [1.807, 2.05) is 4.90 Å². The number of carbonyl (C=O) groups is 1. The van der Waals surface area contributed by atoms with Crippen molar-refractivity contribution in [1.82, 2.24) is 15.1 Å². The lowest BCUT2D eigenvalue weighted by Gasteiger charge is -2.28. The van der Waals surface area contributed by atoms with Crippen molar-refractivity contribution in [2.75, 3.05) is 31.7 Å². The largest absolute Gasteiger partial charge is 0.444 e. The molecule has 1 aliphatic heterocycles. The molecule has 0 unspecified atom stereocenters. The van der Waals surface area contributed by atoms with Gasteiger partial charge in [-0.15, -0.1) is 0 Å². The third-order valence-corrected chi connectivity index (χ3v) is 5.63. The van der Waals surface area contributed by atoms with Gasteiger partial charge in [-0.3, -0.25) is 4.79 Å². The number of nitrogens with one attached hydrogen (secondary N) is 1. The zero-order valence-electron chi connectivity index (χ0n) is 16.2. The van der Waals surface area contributed by atoms with Crippen molar-refractivity contribution in [3.8, 4) is 0 Å². The van der Waals surface area contributed by atoms with Crippen molar-refractivity contribution >= 4 is 23.4 Å². The van der Waals surface area contributed by atoms with Crippen LogP contribution in [0.25, 0.3) is 0 Å². The highest BCUT2D eigenvalue weighted by Crippen LogP contribution is 2.33. The van der Waals surface area contributed by atoms with E-state index in [9.17, 15) is 18.4 Å². The van der Waals surface area contributed by atoms with Crippen molar-refractivity contribution < 1.29 is 23.0 Å². The van der Waals surface area contributed by atoms with E-state index in [1.165, 1.54) is 18.0 Å². The smallest absolute Gasteiger partial charge is 0.407 e. The molecule has 2 fully saturated rings. The number of halogens is 3. The summed E-state index contributed by atoms with van der Waals surface area (Å²) >= 11 is 6.23. The van der Waals surface area contributed by atoms with Crippen LogP contribution in [-0.4, -0.2) is 60.7 Å². The zero-order valence-corrected chi connectivity index (χ0v) is 17.0. The van der Waals surface area contributed by atoms with Crippen LogP contribution in [0.1, 0.15) is 32.1 Å². The molecule has 1 saturated heterocycles. The van der Waals surface area contributed by atoms with E-state index >= 15 is 0 Å². The summed E-state index contributed by atoms with van der Waals surface area (Å²) in [5.74, 6) is -2.64. The monoisotopic (exact) mass is 434 g/mol. The first-order valence-electron chi connectivity index (χ1n) is 9.63. The minimum Gasteiger partial charge on any atom is -0.444 e. The van der Waals surface area contributed by atoms with E-state index in [0.29, 0.717) is 38.3 Å². The molecule has 0 radical (unpaired) electrons. The van der Waals surface area contributed by atoms with Crippen LogP contribution in [0, 0.1) is 0 Å². The molecule has 162 valence electrons. The Balaban J connectivity index is 1.52. The van der Waals surface area contributed by atoms with Crippen LogP contribution in [0.5, 0.6) is 0 Å². The number of alkyl carbamates (subject to hydrolysis) is 1. The molecule has 1 N–H and O–H groups in total. The lowest BCUT2D eigenvalue weighted by atomic mass is 9.92. The van der Waals surface area contributed by atoms with Crippen LogP contribution in [0.3, 0.4) is 0 Å². The van der Waals surface area contributed by atoms with Crippen LogP contribution < -0.4 is 15.8 Å². The van der Waals surface area contributed by atoms with E-state index in [4.69, 9.17) is 21.1 Å². The Morgan fingerprint density at radius 2 is 2.10 bits per heavy atom. The standard InChI is InChI=1S/C18H25ClF2N4O4/c1-28-9-8-25-16(26)15(19)14(10-22-25)24-7-4-13(11-24)29-17(27)23-12-2-5-18(20,21)6-3-12/h10,12-13H,2-9,11H2,1H3,(H,23,27)/t13-/m1/s1. The Hall–Kier alpha value is -1.94. The fourth-order valence-corrected chi connectivity index (χ4v) is 3.86. The van der Waals surface area contributed by atoms with Crippen LogP contribution in [0.4, 0.5) is 19.3 Å². The summed E-state index contributed by atoms with van der Waals surface area (Å²) in [5, 5.41) is 6.84. The number of aromatic nitrogens is 2. The maximum atomic E-state index is 13.2. The number of rotatable bonds is 6. The van der Waals surface area contributed by atoms with E-state index in [2.05, 4.69) is 10.4 Å². The van der Waals surface area contributed by atoms with E-state index in [-0.39, 0.29) is 42.9 Å². The summed E-state index contributed by atoms with van der Waals surface area (Å²) in [7, 11) is 1.53. The second-order valence-electron chi connectivity index (χ2n) is 7.40. The van der Waals surface area contributed by atoms with Gasteiger partial charge in [0.15, 0.2) is 0 Å². The predicted octanol–water partition coefficient (Wildman–Crippen LogP) is 2.43. The number of nitrogens with zero attached hydrogens (tertiary/aromatic N) is 3. The summed E-state index contributed by atoms with van der Waals surface area (Å²) < 4.78 is 38.0. The van der Waals surface area contributed by atoms with Crippen LogP contribution in [0.15, 0.2) is 11.0 Å². The fraction of sp³-hybridized carbons (Fsp3) is 0.722. The number of hydrogen-bond acceptors (Lipinski definition) is 6. The average molecular weight is 435 g/mol. The van der Waals surface area contributed by atoms with Crippen molar-refractivity contribution in [3.05, 3.63) is 21.6 Å². The molecule has 8 nitrogen and oxygen atoms in total. The summed E-state index contributed by atoms with van der Waals surface area (Å²) in [4.78, 5) is 26.3. The Kier molecular flexibility index (Phi) is 6.94. The highest BCUT2D eigenvalue weighted by molar-refractivity contribution is 6.33. The Labute approximate surface area is 172 Å². The van der Waals surface area contributed by atoms with Crippen molar-refractivity contribution in [1.29, 1.82) is 0 Å². The van der Waals surface area contributed by atoms with Gasteiger partial charge in [0.25, 0.3) is 5.56 Å². The van der Waals surface area contributed by atoms with Gasteiger partial charge >= 0.3 is 6.09 Å². The molecule has 0 aromatic carbocycles. The lowest BCUT2D eigenvalue weighted by Crippen LogP contribution is -2.42. The van der Waals surface area contributed by atoms with Gasteiger partial charge in [0.2, 0.25) is 5.92 Å². The molecular formula is C18H25ClF2N4O4. The molecule has 1 aromatic heterocycles. The van der Waals surface area contributed by atoms with E-state index in [1.54, 1.807) is 0 Å². The average Bonchev–Trinajstić information content (AvgIpc) is 3.12. The number of amides is 1. The lowest BCUT2D eigenvalue weighted by molar-refractivity contribution is -0.0406. The topological polar surface area (TPSA) is 85.7 Å². The fourth-order valence-electron chi connectivity index (χ4n) is 3.59. The van der Waals surface area contributed by atoms with Gasteiger partial charge in [-0.2, -0.15) is 5.10 Å². The van der Waals surface area contributed by atoms with Gasteiger partial charge in [-0.05, 0) is 12.8 Å². The second-order valence-corrected chi connectivity index (χ2v) is 7.78. The number of alkyl halides is 2. The molecule has 1 aliphatic carbocycles. The van der Waals surface area contributed by atoms with Gasteiger partial charge in [0.1, 0.15) is 11.1 Å². The second kappa shape index (κ2) is 9.25.